The first-order valence-electron chi connectivity index (χ1n) is 11.2. The number of aromatic nitrogens is 1. The van der Waals surface area contributed by atoms with Gasteiger partial charge in [-0.15, -0.1) is 0 Å². The van der Waals surface area contributed by atoms with Crippen LogP contribution in [-0.4, -0.2) is 37.3 Å². The van der Waals surface area contributed by atoms with Crippen molar-refractivity contribution in [2.45, 2.75) is 6.54 Å². The number of benzene rings is 3. The minimum Gasteiger partial charge on any atom is -0.506 e. The van der Waals surface area contributed by atoms with Gasteiger partial charge in [-0.2, -0.15) is 4.76 Å². The highest BCUT2D eigenvalue weighted by Crippen LogP contribution is 2.52. The van der Waals surface area contributed by atoms with Gasteiger partial charge in [0.1, 0.15) is 17.1 Å². The third-order valence-corrected chi connectivity index (χ3v) is 8.50. The van der Waals surface area contributed by atoms with E-state index in [1.54, 1.807) is 0 Å². The molecule has 1 atom stereocenters. The van der Waals surface area contributed by atoms with E-state index in [2.05, 4.69) is 14.8 Å². The number of nitrogens with one attached hydrogen (secondary N) is 2. The second-order valence-electron chi connectivity index (χ2n) is 8.64. The highest BCUT2D eigenvalue weighted by molar-refractivity contribution is 7.92. The topological polar surface area (TPSA) is 139 Å². The maximum Gasteiger partial charge on any atom is 0.348 e. The number of halogens is 1. The SMILES string of the molecule is COP1(=O)N=C(c2c(O)c3cc(F)ccc3n(Cc3ccccc3)c2=O)Nc2ccc(NS(C)(=O)=O)cc21. The molecule has 0 aliphatic carbocycles. The number of hydrogen-bond acceptors (Lipinski definition) is 7. The van der Waals surface area contributed by atoms with Gasteiger partial charge in [-0.3, -0.25) is 14.1 Å². The largest absolute Gasteiger partial charge is 0.506 e. The highest BCUT2D eigenvalue weighted by Gasteiger charge is 2.35. The smallest absolute Gasteiger partial charge is 0.348 e. The Morgan fingerprint density at radius 3 is 2.55 bits per heavy atom. The lowest BCUT2D eigenvalue weighted by atomic mass is 10.1. The fourth-order valence-electron chi connectivity index (χ4n) is 4.29. The lowest BCUT2D eigenvalue weighted by Gasteiger charge is -2.25. The first kappa shape index (κ1) is 25.7. The summed E-state index contributed by atoms with van der Waals surface area (Å²) < 4.78 is 64.4. The standard InChI is InChI=1S/C25H22FN4O6PS/c1-36-37(33)21-13-17(29-38(2,34)35)9-10-19(21)27-24(28-37)22-23(31)18-12-16(26)8-11-20(18)30(25(22)32)14-15-6-4-3-5-7-15/h3-13,29,31H,14H2,1-2H3,(H,27,28,33). The van der Waals surface area contributed by atoms with Gasteiger partial charge < -0.3 is 19.5 Å². The molecule has 196 valence electrons. The zero-order valence-electron chi connectivity index (χ0n) is 20.2. The van der Waals surface area contributed by atoms with Crippen molar-refractivity contribution < 1.29 is 27.0 Å². The Kier molecular flexibility index (Phi) is 6.34. The molecule has 0 saturated heterocycles. The molecule has 10 nitrogen and oxygen atoms in total. The monoisotopic (exact) mass is 556 g/mol. The molecular weight excluding hydrogens is 534 g/mol. The van der Waals surface area contributed by atoms with E-state index < -0.39 is 34.7 Å². The number of rotatable bonds is 6. The van der Waals surface area contributed by atoms with Crippen LogP contribution < -0.4 is 20.9 Å². The molecule has 4 aromatic rings. The summed E-state index contributed by atoms with van der Waals surface area (Å²) in [5.41, 5.74) is 0.475. The summed E-state index contributed by atoms with van der Waals surface area (Å²) in [6.07, 6.45) is 0.975. The van der Waals surface area contributed by atoms with Crippen LogP contribution in [0.25, 0.3) is 10.9 Å². The van der Waals surface area contributed by atoms with Gasteiger partial charge in [-0.25, -0.2) is 12.8 Å². The van der Waals surface area contributed by atoms with E-state index in [0.29, 0.717) is 5.52 Å². The van der Waals surface area contributed by atoms with Crippen LogP contribution in [0.5, 0.6) is 5.75 Å². The normalized spacial score (nSPS) is 17.0. The van der Waals surface area contributed by atoms with E-state index in [0.717, 1.165) is 25.0 Å². The highest BCUT2D eigenvalue weighted by atomic mass is 32.2. The van der Waals surface area contributed by atoms with Gasteiger partial charge in [0.05, 0.1) is 29.3 Å². The molecule has 5 rings (SSSR count). The Morgan fingerprint density at radius 1 is 1.13 bits per heavy atom. The van der Waals surface area contributed by atoms with Crippen LogP contribution in [0.2, 0.25) is 0 Å². The van der Waals surface area contributed by atoms with E-state index in [1.165, 1.54) is 34.9 Å². The van der Waals surface area contributed by atoms with Crippen LogP contribution in [0.4, 0.5) is 15.8 Å². The predicted molar refractivity (Wildman–Crippen MR) is 145 cm³/mol. The summed E-state index contributed by atoms with van der Waals surface area (Å²) in [4.78, 5) is 13.8. The molecule has 1 unspecified atom stereocenters. The molecule has 0 amide bonds. The van der Waals surface area contributed by atoms with Crippen molar-refractivity contribution in [3.8, 4) is 5.75 Å². The van der Waals surface area contributed by atoms with E-state index in [4.69, 9.17) is 4.52 Å². The van der Waals surface area contributed by atoms with E-state index in [-0.39, 0.29) is 40.0 Å². The fourth-order valence-corrected chi connectivity index (χ4v) is 6.38. The van der Waals surface area contributed by atoms with Gasteiger partial charge in [0.25, 0.3) is 5.56 Å². The molecule has 0 saturated carbocycles. The van der Waals surface area contributed by atoms with Crippen molar-refractivity contribution in [2.24, 2.45) is 4.76 Å². The Bertz CT molecular complexity index is 1840. The molecule has 38 heavy (non-hydrogen) atoms. The third kappa shape index (κ3) is 4.69. The van der Waals surface area contributed by atoms with E-state index in [9.17, 15) is 27.3 Å². The molecule has 1 aliphatic heterocycles. The molecule has 0 bridgehead atoms. The number of anilines is 2. The average Bonchev–Trinajstić information content (AvgIpc) is 2.87. The van der Waals surface area contributed by atoms with Gasteiger partial charge in [-0.05, 0) is 42.0 Å². The number of sulfonamides is 1. The van der Waals surface area contributed by atoms with Crippen LogP contribution in [0.3, 0.4) is 0 Å². The number of pyridine rings is 1. The van der Waals surface area contributed by atoms with Gasteiger partial charge in [0.15, 0.2) is 5.84 Å². The Balaban J connectivity index is 1.72. The number of fused-ring (bicyclic) bond motifs is 2. The van der Waals surface area contributed by atoms with Gasteiger partial charge in [-0.1, -0.05) is 30.3 Å². The zero-order chi connectivity index (χ0) is 27.2. The lowest BCUT2D eigenvalue weighted by molar-refractivity contribution is 0.404. The number of hydrogen-bond donors (Lipinski definition) is 3. The van der Waals surface area contributed by atoms with E-state index in [1.807, 2.05) is 30.3 Å². The minimum absolute atomic E-state index is 0.0609. The zero-order valence-corrected chi connectivity index (χ0v) is 21.9. The average molecular weight is 557 g/mol. The first-order chi connectivity index (χ1) is 18.0. The minimum atomic E-state index is -4.03. The molecular formula is C25H22FN4O6PS. The second-order valence-corrected chi connectivity index (χ2v) is 12.5. The van der Waals surface area contributed by atoms with Crippen LogP contribution in [0, 0.1) is 5.82 Å². The van der Waals surface area contributed by atoms with E-state index >= 15 is 0 Å². The van der Waals surface area contributed by atoms with Crippen molar-refractivity contribution in [2.75, 3.05) is 23.4 Å². The molecule has 1 aromatic heterocycles. The number of nitrogens with zero attached hydrogens (tertiary/aromatic N) is 2. The van der Waals surface area contributed by atoms with Crippen LogP contribution in [-0.2, 0) is 25.7 Å². The summed E-state index contributed by atoms with van der Waals surface area (Å²) in [5.74, 6) is -1.40. The summed E-state index contributed by atoms with van der Waals surface area (Å²) >= 11 is 0. The van der Waals surface area contributed by atoms with Crippen LogP contribution >= 0.6 is 7.52 Å². The van der Waals surface area contributed by atoms with Gasteiger partial charge in [0, 0.05) is 18.2 Å². The molecule has 0 fully saturated rings. The predicted octanol–water partition coefficient (Wildman–Crippen LogP) is 3.60. The maximum atomic E-state index is 14.2. The molecule has 2 heterocycles. The summed E-state index contributed by atoms with van der Waals surface area (Å²) in [6.45, 7) is 0.113. The van der Waals surface area contributed by atoms with Crippen molar-refractivity contribution >= 4 is 51.0 Å². The lowest BCUT2D eigenvalue weighted by Crippen LogP contribution is -2.33. The number of amidine groups is 1. The fraction of sp³-hybridized carbons (Fsp3) is 0.120. The quantitative estimate of drug-likeness (QED) is 0.309. The summed E-state index contributed by atoms with van der Waals surface area (Å²) in [7, 11) is -6.48. The van der Waals surface area contributed by atoms with Crippen molar-refractivity contribution in [3.05, 3.63) is 94.0 Å². The maximum absolute atomic E-state index is 14.2. The molecule has 0 radical (unpaired) electrons. The Labute approximate surface area is 217 Å². The molecule has 13 heteroatoms. The molecule has 3 N–H and O–H groups in total. The second kappa shape index (κ2) is 9.39. The summed E-state index contributed by atoms with van der Waals surface area (Å²) in [5, 5.41) is 14.2. The first-order valence-corrected chi connectivity index (χ1v) is 14.7. The Hall–Kier alpha value is -3.99. The van der Waals surface area contributed by atoms with Crippen molar-refractivity contribution in [3.63, 3.8) is 0 Å². The third-order valence-electron chi connectivity index (χ3n) is 5.96. The van der Waals surface area contributed by atoms with Gasteiger partial charge >= 0.3 is 7.52 Å². The van der Waals surface area contributed by atoms with Crippen LogP contribution in [0.15, 0.2) is 76.3 Å². The van der Waals surface area contributed by atoms with Crippen molar-refractivity contribution in [1.29, 1.82) is 0 Å². The van der Waals surface area contributed by atoms with Gasteiger partial charge in [0.2, 0.25) is 10.0 Å². The van der Waals surface area contributed by atoms with Crippen LogP contribution in [0.1, 0.15) is 11.1 Å². The summed E-state index contributed by atoms with van der Waals surface area (Å²) in [6, 6.07) is 17.0. The Morgan fingerprint density at radius 2 is 1.87 bits per heavy atom. The van der Waals surface area contributed by atoms with Crippen molar-refractivity contribution in [1.82, 2.24) is 4.57 Å². The molecule has 0 spiro atoms. The molecule has 3 aromatic carbocycles. The number of aromatic hydroxyl groups is 1. The molecule has 1 aliphatic rings.